The van der Waals surface area contributed by atoms with Gasteiger partial charge in [0.25, 0.3) is 0 Å². The van der Waals surface area contributed by atoms with Gasteiger partial charge in [-0.05, 0) is 53.8 Å². The van der Waals surface area contributed by atoms with Crippen molar-refractivity contribution in [3.63, 3.8) is 0 Å². The summed E-state index contributed by atoms with van der Waals surface area (Å²) in [4.78, 5) is 0. The maximum atomic E-state index is 12.6. The summed E-state index contributed by atoms with van der Waals surface area (Å²) >= 11 is 0. The van der Waals surface area contributed by atoms with Crippen LogP contribution in [0.5, 0.6) is 0 Å². The molecule has 0 aliphatic heterocycles. The Bertz CT molecular complexity index is 1590. The highest BCUT2D eigenvalue weighted by Crippen LogP contribution is 2.35. The minimum Gasteiger partial charge on any atom is -0.419 e. The highest BCUT2D eigenvalue weighted by molar-refractivity contribution is 7.92. The van der Waals surface area contributed by atoms with Crippen LogP contribution >= 0.6 is 0 Å². The zero-order valence-electron chi connectivity index (χ0n) is 22.9. The van der Waals surface area contributed by atoms with Gasteiger partial charge in [0.2, 0.25) is 21.8 Å². The summed E-state index contributed by atoms with van der Waals surface area (Å²) in [5.41, 5.74) is 9.48. The molecular weight excluding hydrogens is 555 g/mol. The number of anilines is 1. The maximum absolute atomic E-state index is 12.6. The smallest absolute Gasteiger partial charge is 0.390 e. The molecule has 12 heteroatoms. The Morgan fingerprint density at radius 3 is 2.32 bits per heavy atom. The summed E-state index contributed by atoms with van der Waals surface area (Å²) in [6.07, 6.45) is -3.66. The van der Waals surface area contributed by atoms with Crippen LogP contribution in [-0.2, 0) is 28.5 Å². The van der Waals surface area contributed by atoms with E-state index >= 15 is 0 Å². The number of halogens is 3. The number of rotatable bonds is 11. The normalized spacial score (nSPS) is 13.6. The Labute approximate surface area is 237 Å². The molecule has 0 aliphatic rings. The second-order valence-electron chi connectivity index (χ2n) is 10.2. The molecule has 0 unspecified atom stereocenters. The standard InChI is InChI=1S/C29H32F3N5O3S/c1-28(33,18-20-9-5-4-6-10-20)27-36-35-26(40-27)23-15-22(16-24(17-23)37(2)41(3,38)39)25-12-8-7-11-21(25)19-34-14-13-29(30,31)32/h4-12,15-17,34H,13-14,18-19,33H2,1-3H3/t28-/m0/s1. The second-order valence-corrected chi connectivity index (χ2v) is 12.2. The Balaban J connectivity index is 1.71. The third-order valence-electron chi connectivity index (χ3n) is 6.58. The number of benzene rings is 3. The Hall–Kier alpha value is -3.74. The van der Waals surface area contributed by atoms with Crippen LogP contribution in [0, 0.1) is 0 Å². The van der Waals surface area contributed by atoms with Gasteiger partial charge in [-0.25, -0.2) is 8.42 Å². The van der Waals surface area contributed by atoms with Crippen LogP contribution < -0.4 is 15.4 Å². The van der Waals surface area contributed by atoms with E-state index in [-0.39, 0.29) is 24.9 Å². The topological polar surface area (TPSA) is 114 Å². The Morgan fingerprint density at radius 1 is 0.976 bits per heavy atom. The van der Waals surface area contributed by atoms with Crippen LogP contribution in [-0.4, -0.2) is 44.6 Å². The molecule has 4 rings (SSSR count). The SMILES string of the molecule is CN(c1cc(-c2nnc([C@@](C)(N)Cc3ccccc3)o2)cc(-c2ccccc2CNCCC(F)(F)F)c1)S(C)(=O)=O. The molecule has 0 aliphatic carbocycles. The van der Waals surface area contributed by atoms with Crippen molar-refractivity contribution < 1.29 is 26.0 Å². The van der Waals surface area contributed by atoms with Gasteiger partial charge in [-0.3, -0.25) is 4.31 Å². The van der Waals surface area contributed by atoms with E-state index in [0.717, 1.165) is 21.7 Å². The fourth-order valence-corrected chi connectivity index (χ4v) is 4.83. The molecule has 218 valence electrons. The van der Waals surface area contributed by atoms with Gasteiger partial charge in [-0.15, -0.1) is 10.2 Å². The van der Waals surface area contributed by atoms with E-state index in [1.165, 1.54) is 7.05 Å². The molecule has 0 fully saturated rings. The molecule has 0 bridgehead atoms. The van der Waals surface area contributed by atoms with Crippen molar-refractivity contribution in [3.8, 4) is 22.6 Å². The largest absolute Gasteiger partial charge is 0.419 e. The number of sulfonamides is 1. The Kier molecular flexibility index (Phi) is 8.86. The summed E-state index contributed by atoms with van der Waals surface area (Å²) < 4.78 is 69.8. The van der Waals surface area contributed by atoms with Gasteiger partial charge in [0.1, 0.15) is 0 Å². The van der Waals surface area contributed by atoms with Crippen molar-refractivity contribution in [1.29, 1.82) is 0 Å². The van der Waals surface area contributed by atoms with E-state index in [4.69, 9.17) is 10.2 Å². The van der Waals surface area contributed by atoms with Crippen LogP contribution in [0.1, 0.15) is 30.4 Å². The lowest BCUT2D eigenvalue weighted by atomic mass is 9.94. The number of hydrogen-bond acceptors (Lipinski definition) is 7. The molecule has 41 heavy (non-hydrogen) atoms. The van der Waals surface area contributed by atoms with Crippen LogP contribution in [0.4, 0.5) is 18.9 Å². The lowest BCUT2D eigenvalue weighted by Gasteiger charge is -2.20. The van der Waals surface area contributed by atoms with Crippen LogP contribution in [0.2, 0.25) is 0 Å². The first-order chi connectivity index (χ1) is 19.2. The first-order valence-electron chi connectivity index (χ1n) is 12.8. The molecule has 0 saturated carbocycles. The van der Waals surface area contributed by atoms with E-state index < -0.39 is 28.2 Å². The van der Waals surface area contributed by atoms with Crippen LogP contribution in [0.25, 0.3) is 22.6 Å². The van der Waals surface area contributed by atoms with Gasteiger partial charge in [0.15, 0.2) is 0 Å². The molecule has 8 nitrogen and oxygen atoms in total. The van der Waals surface area contributed by atoms with E-state index in [2.05, 4.69) is 15.5 Å². The zero-order valence-corrected chi connectivity index (χ0v) is 23.8. The van der Waals surface area contributed by atoms with E-state index in [1.54, 1.807) is 43.3 Å². The molecule has 0 saturated heterocycles. The molecule has 4 aromatic rings. The molecule has 3 N–H and O–H groups in total. The molecule has 1 heterocycles. The van der Waals surface area contributed by atoms with E-state index in [9.17, 15) is 21.6 Å². The first-order valence-corrected chi connectivity index (χ1v) is 14.7. The highest BCUT2D eigenvalue weighted by atomic mass is 32.2. The molecular formula is C29H32F3N5O3S. The average Bonchev–Trinajstić information content (AvgIpc) is 3.42. The van der Waals surface area contributed by atoms with Crippen molar-refractivity contribution in [2.24, 2.45) is 5.73 Å². The highest BCUT2D eigenvalue weighted by Gasteiger charge is 2.29. The summed E-state index contributed by atoms with van der Waals surface area (Å²) in [6, 6.07) is 22.0. The molecule has 0 spiro atoms. The number of hydrogen-bond donors (Lipinski definition) is 2. The van der Waals surface area contributed by atoms with Crippen molar-refractivity contribution in [1.82, 2.24) is 15.5 Å². The van der Waals surface area contributed by atoms with Crippen molar-refractivity contribution >= 4 is 15.7 Å². The molecule has 0 radical (unpaired) electrons. The summed E-state index contributed by atoms with van der Waals surface area (Å²) in [5.74, 6) is 0.365. The monoisotopic (exact) mass is 587 g/mol. The minimum atomic E-state index is -4.25. The van der Waals surface area contributed by atoms with Crippen molar-refractivity contribution in [2.75, 3.05) is 24.2 Å². The number of nitrogens with one attached hydrogen (secondary N) is 1. The van der Waals surface area contributed by atoms with Crippen molar-refractivity contribution in [2.45, 2.75) is 38.0 Å². The molecule has 0 amide bonds. The predicted molar refractivity (Wildman–Crippen MR) is 152 cm³/mol. The summed E-state index contributed by atoms with van der Waals surface area (Å²) in [6.45, 7) is 1.74. The third kappa shape index (κ3) is 7.93. The Morgan fingerprint density at radius 2 is 1.63 bits per heavy atom. The predicted octanol–water partition coefficient (Wildman–Crippen LogP) is 5.26. The zero-order chi connectivity index (χ0) is 29.8. The van der Waals surface area contributed by atoms with Gasteiger partial charge in [0, 0.05) is 25.7 Å². The average molecular weight is 588 g/mol. The number of alkyl halides is 3. The van der Waals surface area contributed by atoms with Gasteiger partial charge < -0.3 is 15.5 Å². The van der Waals surface area contributed by atoms with Gasteiger partial charge >= 0.3 is 6.18 Å². The number of nitrogens with two attached hydrogens (primary N) is 1. The molecule has 1 atom stereocenters. The van der Waals surface area contributed by atoms with Crippen LogP contribution in [0.15, 0.2) is 77.2 Å². The van der Waals surface area contributed by atoms with Gasteiger partial charge in [0.05, 0.1) is 23.9 Å². The van der Waals surface area contributed by atoms with Crippen LogP contribution in [0.3, 0.4) is 0 Å². The lowest BCUT2D eigenvalue weighted by Crippen LogP contribution is -2.35. The van der Waals surface area contributed by atoms with Gasteiger partial charge in [-0.2, -0.15) is 13.2 Å². The minimum absolute atomic E-state index is 0.149. The van der Waals surface area contributed by atoms with E-state index in [0.29, 0.717) is 28.8 Å². The fraction of sp³-hybridized carbons (Fsp3) is 0.310. The third-order valence-corrected chi connectivity index (χ3v) is 7.79. The molecule has 1 aromatic heterocycles. The first kappa shape index (κ1) is 30.2. The van der Waals surface area contributed by atoms with Gasteiger partial charge in [-0.1, -0.05) is 54.6 Å². The fourth-order valence-electron chi connectivity index (χ4n) is 4.34. The quantitative estimate of drug-likeness (QED) is 0.230. The molecule has 3 aromatic carbocycles. The maximum Gasteiger partial charge on any atom is 0.390 e. The number of aromatic nitrogens is 2. The van der Waals surface area contributed by atoms with Crippen molar-refractivity contribution in [3.05, 3.63) is 89.8 Å². The summed E-state index contributed by atoms with van der Waals surface area (Å²) in [5, 5.41) is 11.2. The number of nitrogens with zero attached hydrogens (tertiary/aromatic N) is 3. The second kappa shape index (κ2) is 12.0. The summed E-state index contributed by atoms with van der Waals surface area (Å²) in [7, 11) is -2.19. The van der Waals surface area contributed by atoms with E-state index in [1.807, 2.05) is 36.4 Å². The lowest BCUT2D eigenvalue weighted by molar-refractivity contribution is -0.133.